The second-order valence-corrected chi connectivity index (χ2v) is 8.09. The van der Waals surface area contributed by atoms with Crippen molar-refractivity contribution >= 4 is 11.8 Å². The van der Waals surface area contributed by atoms with E-state index in [0.717, 1.165) is 23.0 Å². The van der Waals surface area contributed by atoms with Crippen LogP contribution in [0.2, 0.25) is 0 Å². The fraction of sp³-hybridized carbons (Fsp3) is 0.273. The molecule has 1 aromatic heterocycles. The van der Waals surface area contributed by atoms with Crippen LogP contribution in [0, 0.1) is 23.0 Å². The summed E-state index contributed by atoms with van der Waals surface area (Å²) < 4.78 is 36.9. The van der Waals surface area contributed by atoms with E-state index >= 15 is 4.39 Å². The van der Waals surface area contributed by atoms with Crippen molar-refractivity contribution in [1.29, 1.82) is 5.26 Å². The minimum Gasteiger partial charge on any atom is -0.381 e. The lowest BCUT2D eigenvalue weighted by Crippen LogP contribution is -2.33. The monoisotopic (exact) mass is 411 g/mol. The van der Waals surface area contributed by atoms with Crippen LogP contribution in [0.5, 0.6) is 0 Å². The van der Waals surface area contributed by atoms with E-state index in [4.69, 9.17) is 4.74 Å². The Balaban J connectivity index is 1.65. The van der Waals surface area contributed by atoms with Gasteiger partial charge < -0.3 is 4.74 Å². The average molecular weight is 411 g/mol. The van der Waals surface area contributed by atoms with Gasteiger partial charge in [0.05, 0.1) is 22.1 Å². The minimum atomic E-state index is -0.977. The molecule has 4 nitrogen and oxygen atoms in total. The van der Waals surface area contributed by atoms with Crippen LogP contribution in [-0.2, 0) is 17.2 Å². The second kappa shape index (κ2) is 7.97. The number of ether oxygens (including phenoxy) is 1. The summed E-state index contributed by atoms with van der Waals surface area (Å²) in [5.74, 6) is -1.29. The lowest BCUT2D eigenvalue weighted by atomic mass is 9.75. The highest BCUT2D eigenvalue weighted by Crippen LogP contribution is 2.41. The van der Waals surface area contributed by atoms with Crippen LogP contribution in [0.25, 0.3) is 11.3 Å². The Morgan fingerprint density at radius 1 is 1.10 bits per heavy atom. The summed E-state index contributed by atoms with van der Waals surface area (Å²) in [4.78, 5) is 0.626. The first-order chi connectivity index (χ1) is 14.0. The van der Waals surface area contributed by atoms with Crippen molar-refractivity contribution in [2.24, 2.45) is 7.05 Å². The van der Waals surface area contributed by atoms with Gasteiger partial charge in [0.25, 0.3) is 0 Å². The van der Waals surface area contributed by atoms with Gasteiger partial charge >= 0.3 is 0 Å². The van der Waals surface area contributed by atoms with E-state index in [9.17, 15) is 9.65 Å². The number of nitrogens with zero attached hydrogens (tertiary/aromatic N) is 3. The molecule has 2 aromatic carbocycles. The topological polar surface area (TPSA) is 50.8 Å². The van der Waals surface area contributed by atoms with Crippen LogP contribution < -0.4 is 0 Å². The number of hydrogen-bond donors (Lipinski definition) is 0. The Bertz CT molecular complexity index is 1070. The Labute approximate surface area is 172 Å². The molecule has 2 heterocycles. The van der Waals surface area contributed by atoms with Crippen LogP contribution in [0.1, 0.15) is 18.4 Å². The zero-order valence-electron chi connectivity index (χ0n) is 15.9. The number of nitriles is 1. The highest BCUT2D eigenvalue weighted by atomic mass is 32.2. The first-order valence-electron chi connectivity index (χ1n) is 9.28. The maximum atomic E-state index is 15.3. The van der Waals surface area contributed by atoms with Gasteiger partial charge in [0.1, 0.15) is 11.6 Å². The molecule has 3 aromatic rings. The van der Waals surface area contributed by atoms with Crippen molar-refractivity contribution < 1.29 is 13.5 Å². The SMILES string of the molecule is Cn1nccc1-c1ccc(Sc2c(F)ccc(C3(C#N)CCOCC3)c2F)cc1. The molecule has 0 aliphatic carbocycles. The van der Waals surface area contributed by atoms with E-state index in [1.54, 1.807) is 10.9 Å². The number of aryl methyl sites for hydroxylation is 1. The molecule has 0 atom stereocenters. The van der Waals surface area contributed by atoms with E-state index in [-0.39, 0.29) is 10.5 Å². The van der Waals surface area contributed by atoms with Gasteiger partial charge in [0, 0.05) is 36.9 Å². The summed E-state index contributed by atoms with van der Waals surface area (Å²) in [6.07, 6.45) is 2.51. The summed E-state index contributed by atoms with van der Waals surface area (Å²) in [5.41, 5.74) is 1.19. The van der Waals surface area contributed by atoms with Crippen molar-refractivity contribution in [2.45, 2.75) is 28.0 Å². The number of aromatic nitrogens is 2. The Morgan fingerprint density at radius 2 is 1.83 bits per heavy atom. The molecule has 4 rings (SSSR count). The average Bonchev–Trinajstić information content (AvgIpc) is 3.18. The van der Waals surface area contributed by atoms with Crippen LogP contribution >= 0.6 is 11.8 Å². The van der Waals surface area contributed by atoms with E-state index in [1.165, 1.54) is 12.1 Å². The molecule has 0 bridgehead atoms. The van der Waals surface area contributed by atoms with E-state index in [1.807, 2.05) is 37.4 Å². The van der Waals surface area contributed by atoms with Gasteiger partial charge in [-0.3, -0.25) is 4.68 Å². The normalized spacial score (nSPS) is 15.8. The number of rotatable bonds is 4. The number of hydrogen-bond acceptors (Lipinski definition) is 4. The lowest BCUT2D eigenvalue weighted by Gasteiger charge is -2.31. The fourth-order valence-corrected chi connectivity index (χ4v) is 4.50. The molecule has 1 aliphatic rings. The first-order valence-corrected chi connectivity index (χ1v) is 10.1. The molecule has 1 fully saturated rings. The Morgan fingerprint density at radius 3 is 2.45 bits per heavy atom. The largest absolute Gasteiger partial charge is 0.381 e. The summed E-state index contributed by atoms with van der Waals surface area (Å²) in [6.45, 7) is 0.782. The summed E-state index contributed by atoms with van der Waals surface area (Å²) in [7, 11) is 1.86. The highest BCUT2D eigenvalue weighted by Gasteiger charge is 2.38. The van der Waals surface area contributed by atoms with Crippen LogP contribution in [0.3, 0.4) is 0 Å². The molecule has 1 saturated heterocycles. The predicted octanol–water partition coefficient (Wildman–Crippen LogP) is 5.09. The molecule has 148 valence electrons. The number of halogens is 2. The lowest BCUT2D eigenvalue weighted by molar-refractivity contribution is 0.0664. The molecule has 0 spiro atoms. The van der Waals surface area contributed by atoms with Gasteiger partial charge in [-0.2, -0.15) is 10.4 Å². The summed E-state index contributed by atoms with van der Waals surface area (Å²) >= 11 is 1.03. The molecule has 0 saturated carbocycles. The summed E-state index contributed by atoms with van der Waals surface area (Å²) in [6, 6.07) is 14.3. The van der Waals surface area contributed by atoms with Crippen molar-refractivity contribution in [3.63, 3.8) is 0 Å². The zero-order valence-corrected chi connectivity index (χ0v) is 16.7. The Kier molecular flexibility index (Phi) is 5.39. The molecule has 0 amide bonds. The van der Waals surface area contributed by atoms with Crippen LogP contribution in [-0.4, -0.2) is 23.0 Å². The maximum absolute atomic E-state index is 15.3. The highest BCUT2D eigenvalue weighted by molar-refractivity contribution is 7.99. The molecule has 7 heteroatoms. The van der Waals surface area contributed by atoms with Crippen molar-refractivity contribution in [3.8, 4) is 17.3 Å². The minimum absolute atomic E-state index is 0.0862. The smallest absolute Gasteiger partial charge is 0.144 e. The van der Waals surface area contributed by atoms with Gasteiger partial charge in [-0.25, -0.2) is 8.78 Å². The van der Waals surface area contributed by atoms with E-state index in [2.05, 4.69) is 11.2 Å². The van der Waals surface area contributed by atoms with Gasteiger partial charge in [-0.05, 0) is 42.7 Å². The molecule has 0 radical (unpaired) electrons. The Hall–Kier alpha value is -2.69. The van der Waals surface area contributed by atoms with Gasteiger partial charge in [-0.1, -0.05) is 30.0 Å². The zero-order chi connectivity index (χ0) is 20.4. The molecule has 0 N–H and O–H groups in total. The molecular weight excluding hydrogens is 392 g/mol. The van der Waals surface area contributed by atoms with E-state index < -0.39 is 17.0 Å². The van der Waals surface area contributed by atoms with E-state index in [0.29, 0.717) is 31.0 Å². The van der Waals surface area contributed by atoms with Gasteiger partial charge in [0.2, 0.25) is 0 Å². The van der Waals surface area contributed by atoms with Crippen molar-refractivity contribution in [1.82, 2.24) is 9.78 Å². The summed E-state index contributed by atoms with van der Waals surface area (Å²) in [5, 5.41) is 13.9. The molecule has 29 heavy (non-hydrogen) atoms. The van der Waals surface area contributed by atoms with Crippen LogP contribution in [0.15, 0.2) is 58.5 Å². The third-order valence-corrected chi connectivity index (χ3v) is 6.40. The fourth-order valence-electron chi connectivity index (χ4n) is 3.63. The predicted molar refractivity (Wildman–Crippen MR) is 106 cm³/mol. The van der Waals surface area contributed by atoms with Crippen molar-refractivity contribution in [3.05, 3.63) is 65.9 Å². The molecule has 1 aliphatic heterocycles. The number of benzene rings is 2. The second-order valence-electron chi connectivity index (χ2n) is 7.01. The standard InChI is InChI=1S/C22H19F2N3OS/c1-27-19(8-11-26-27)15-2-4-16(5-3-15)29-21-18(23)7-6-17(20(21)24)22(14-25)9-12-28-13-10-22/h2-8,11H,9-10,12-13H2,1H3. The third-order valence-electron chi connectivity index (χ3n) is 5.32. The van der Waals surface area contributed by atoms with Gasteiger partial charge in [0.15, 0.2) is 0 Å². The third kappa shape index (κ3) is 3.66. The van der Waals surface area contributed by atoms with Crippen LogP contribution in [0.4, 0.5) is 8.78 Å². The maximum Gasteiger partial charge on any atom is 0.144 e. The quantitative estimate of drug-likeness (QED) is 0.600. The van der Waals surface area contributed by atoms with Gasteiger partial charge in [-0.15, -0.1) is 0 Å². The van der Waals surface area contributed by atoms with Crippen molar-refractivity contribution in [2.75, 3.05) is 13.2 Å². The molecule has 0 unspecified atom stereocenters. The first kappa shape index (κ1) is 19.6. The molecular formula is C22H19F2N3OS.